The van der Waals surface area contributed by atoms with Crippen molar-refractivity contribution in [2.75, 3.05) is 20.6 Å². The number of hydrogen-bond acceptors (Lipinski definition) is 4. The van der Waals surface area contributed by atoms with Crippen molar-refractivity contribution in [2.24, 2.45) is 0 Å². The Morgan fingerprint density at radius 1 is 1.20 bits per heavy atom. The molecule has 0 spiro atoms. The van der Waals surface area contributed by atoms with E-state index >= 15 is 0 Å². The van der Waals surface area contributed by atoms with Gasteiger partial charge in [-0.2, -0.15) is 0 Å². The van der Waals surface area contributed by atoms with Crippen LogP contribution < -0.4 is 0 Å². The maximum atomic E-state index is 14.0. The van der Waals surface area contributed by atoms with Gasteiger partial charge in [0.1, 0.15) is 17.5 Å². The summed E-state index contributed by atoms with van der Waals surface area (Å²) >= 11 is 0. The van der Waals surface area contributed by atoms with E-state index in [1.807, 2.05) is 0 Å². The summed E-state index contributed by atoms with van der Waals surface area (Å²) in [4.78, 5) is 28.0. The van der Waals surface area contributed by atoms with Gasteiger partial charge < -0.3 is 14.4 Å². The van der Waals surface area contributed by atoms with Crippen LogP contribution in [0.1, 0.15) is 28.0 Å². The largest absolute Gasteiger partial charge is 0.347 e. The molecule has 2 amide bonds. The molecule has 1 aromatic heterocycles. The van der Waals surface area contributed by atoms with Crippen LogP contribution in [0.4, 0.5) is 8.78 Å². The second-order valence-electron chi connectivity index (χ2n) is 6.01. The lowest BCUT2D eigenvalue weighted by molar-refractivity contribution is -0.134. The maximum absolute atomic E-state index is 14.0. The average molecular weight is 349 g/mol. The fourth-order valence-corrected chi connectivity index (χ4v) is 2.88. The van der Waals surface area contributed by atoms with Crippen LogP contribution in [0.15, 0.2) is 18.2 Å². The molecule has 0 N–H and O–H groups in total. The van der Waals surface area contributed by atoms with E-state index in [1.54, 1.807) is 25.6 Å². The van der Waals surface area contributed by atoms with Gasteiger partial charge >= 0.3 is 0 Å². The molecule has 1 atom stereocenters. The van der Waals surface area contributed by atoms with Gasteiger partial charge in [0.2, 0.25) is 0 Å². The molecule has 7 nitrogen and oxygen atoms in total. The lowest BCUT2D eigenvalue weighted by Crippen LogP contribution is -2.49. The molecule has 0 bridgehead atoms. The molecule has 3 rings (SSSR count). The number of rotatable bonds is 2. The molecule has 2 aromatic rings. The molecule has 0 radical (unpaired) electrons. The van der Waals surface area contributed by atoms with E-state index < -0.39 is 35.1 Å². The first-order chi connectivity index (χ1) is 11.8. The summed E-state index contributed by atoms with van der Waals surface area (Å²) < 4.78 is 29.2. The predicted molar refractivity (Wildman–Crippen MR) is 83.6 cm³/mol. The molecular formula is C16H17F2N5O2. The number of likely N-dealkylation sites (N-methyl/N-ethyl adjacent to an activating group) is 1. The van der Waals surface area contributed by atoms with Crippen molar-refractivity contribution in [1.29, 1.82) is 0 Å². The predicted octanol–water partition coefficient (Wildman–Crippen LogP) is 1.15. The van der Waals surface area contributed by atoms with E-state index in [4.69, 9.17) is 0 Å². The van der Waals surface area contributed by atoms with Crippen molar-refractivity contribution >= 4 is 11.8 Å². The van der Waals surface area contributed by atoms with Gasteiger partial charge in [-0.25, -0.2) is 8.78 Å². The average Bonchev–Trinajstić information content (AvgIpc) is 2.96. The first kappa shape index (κ1) is 17.0. The maximum Gasteiger partial charge on any atom is 0.258 e. The minimum atomic E-state index is -1.04. The number of nitrogens with zero attached hydrogens (tertiary/aromatic N) is 5. The Hall–Kier alpha value is -2.84. The standard InChI is InChI=1S/C16H17F2N5O2/c1-9-19-20-14-13(16(25)21(2)3)23(7-6-22(9)14)15(24)11-8-10(17)4-5-12(11)18/h4-5,8,13H,6-7H2,1-3H3. The Kier molecular flexibility index (Phi) is 4.23. The zero-order valence-electron chi connectivity index (χ0n) is 14.0. The molecule has 1 aliphatic rings. The Labute approximate surface area is 142 Å². The third kappa shape index (κ3) is 2.86. The van der Waals surface area contributed by atoms with E-state index in [9.17, 15) is 18.4 Å². The summed E-state index contributed by atoms with van der Waals surface area (Å²) in [6.45, 7) is 2.27. The Morgan fingerprint density at radius 2 is 1.92 bits per heavy atom. The summed E-state index contributed by atoms with van der Waals surface area (Å²) in [6, 6.07) is 1.62. The molecule has 0 fully saturated rings. The topological polar surface area (TPSA) is 71.3 Å². The van der Waals surface area contributed by atoms with E-state index in [0.717, 1.165) is 18.2 Å². The molecule has 0 aliphatic carbocycles. The molecule has 1 aromatic carbocycles. The molecule has 2 heterocycles. The van der Waals surface area contributed by atoms with Crippen LogP contribution in [0.25, 0.3) is 0 Å². The smallest absolute Gasteiger partial charge is 0.258 e. The summed E-state index contributed by atoms with van der Waals surface area (Å²) in [7, 11) is 3.10. The highest BCUT2D eigenvalue weighted by Gasteiger charge is 2.40. The fourth-order valence-electron chi connectivity index (χ4n) is 2.88. The number of aryl methyl sites for hydroxylation is 1. The molecular weight excluding hydrogens is 332 g/mol. The van der Waals surface area contributed by atoms with Gasteiger partial charge in [0.25, 0.3) is 11.8 Å². The van der Waals surface area contributed by atoms with Gasteiger partial charge in [0, 0.05) is 27.2 Å². The van der Waals surface area contributed by atoms with Crippen LogP contribution in [-0.4, -0.2) is 57.0 Å². The van der Waals surface area contributed by atoms with Crippen molar-refractivity contribution in [3.05, 3.63) is 47.0 Å². The van der Waals surface area contributed by atoms with Gasteiger partial charge in [-0.05, 0) is 25.1 Å². The summed E-state index contributed by atoms with van der Waals surface area (Å²) in [6.07, 6.45) is 0. The van der Waals surface area contributed by atoms with Crippen molar-refractivity contribution in [3.8, 4) is 0 Å². The first-order valence-electron chi connectivity index (χ1n) is 7.68. The van der Waals surface area contributed by atoms with Crippen LogP contribution in [0.3, 0.4) is 0 Å². The summed E-state index contributed by atoms with van der Waals surface area (Å²) in [5.41, 5.74) is -0.416. The number of amides is 2. The molecule has 25 heavy (non-hydrogen) atoms. The van der Waals surface area contributed by atoms with Gasteiger partial charge in [-0.1, -0.05) is 0 Å². The van der Waals surface area contributed by atoms with E-state index in [-0.39, 0.29) is 6.54 Å². The molecule has 1 unspecified atom stereocenters. The van der Waals surface area contributed by atoms with Crippen LogP contribution in [0.2, 0.25) is 0 Å². The lowest BCUT2D eigenvalue weighted by atomic mass is 10.1. The quantitative estimate of drug-likeness (QED) is 0.815. The number of fused-ring (bicyclic) bond motifs is 1. The molecule has 0 saturated heterocycles. The van der Waals surface area contributed by atoms with Gasteiger partial charge in [-0.3, -0.25) is 9.59 Å². The number of aromatic nitrogens is 3. The fraction of sp³-hybridized carbons (Fsp3) is 0.375. The number of carbonyl (C=O) groups excluding carboxylic acids is 2. The first-order valence-corrected chi connectivity index (χ1v) is 7.68. The van der Waals surface area contributed by atoms with E-state index in [2.05, 4.69) is 10.2 Å². The van der Waals surface area contributed by atoms with Crippen molar-refractivity contribution < 1.29 is 18.4 Å². The lowest BCUT2D eigenvalue weighted by Gasteiger charge is -2.36. The molecule has 9 heteroatoms. The van der Waals surface area contributed by atoms with Gasteiger partial charge in [0.15, 0.2) is 11.9 Å². The highest BCUT2D eigenvalue weighted by Crippen LogP contribution is 2.28. The van der Waals surface area contributed by atoms with Crippen LogP contribution >= 0.6 is 0 Å². The Bertz CT molecular complexity index is 849. The van der Waals surface area contributed by atoms with Crippen LogP contribution in [-0.2, 0) is 11.3 Å². The van der Waals surface area contributed by atoms with Crippen molar-refractivity contribution in [2.45, 2.75) is 19.5 Å². The minimum absolute atomic E-state index is 0.158. The van der Waals surface area contributed by atoms with E-state index in [0.29, 0.717) is 18.2 Å². The number of carbonyl (C=O) groups is 2. The Balaban J connectivity index is 2.06. The number of hydrogen-bond donors (Lipinski definition) is 0. The zero-order valence-corrected chi connectivity index (χ0v) is 14.0. The third-order valence-corrected chi connectivity index (χ3v) is 4.18. The number of benzene rings is 1. The summed E-state index contributed by atoms with van der Waals surface area (Å²) in [5.74, 6) is -1.78. The molecule has 132 valence electrons. The normalized spacial score (nSPS) is 16.5. The monoisotopic (exact) mass is 349 g/mol. The van der Waals surface area contributed by atoms with Gasteiger partial charge in [-0.15, -0.1) is 10.2 Å². The van der Waals surface area contributed by atoms with Crippen molar-refractivity contribution in [3.63, 3.8) is 0 Å². The second kappa shape index (κ2) is 6.23. The molecule has 1 aliphatic heterocycles. The van der Waals surface area contributed by atoms with Crippen LogP contribution in [0, 0.1) is 18.6 Å². The third-order valence-electron chi connectivity index (χ3n) is 4.18. The highest BCUT2D eigenvalue weighted by atomic mass is 19.1. The summed E-state index contributed by atoms with van der Waals surface area (Å²) in [5, 5.41) is 7.97. The van der Waals surface area contributed by atoms with E-state index in [1.165, 1.54) is 9.80 Å². The number of halogens is 2. The Morgan fingerprint density at radius 3 is 2.60 bits per heavy atom. The highest BCUT2D eigenvalue weighted by molar-refractivity contribution is 5.98. The SMILES string of the molecule is Cc1nnc2n1CCN(C(=O)c1cc(F)ccc1F)C2C(=O)N(C)C. The zero-order chi connectivity index (χ0) is 18.3. The van der Waals surface area contributed by atoms with Crippen molar-refractivity contribution in [1.82, 2.24) is 24.6 Å². The minimum Gasteiger partial charge on any atom is -0.347 e. The van der Waals surface area contributed by atoms with Gasteiger partial charge in [0.05, 0.1) is 5.56 Å². The molecule has 0 saturated carbocycles. The second-order valence-corrected chi connectivity index (χ2v) is 6.01. The van der Waals surface area contributed by atoms with Crippen LogP contribution in [0.5, 0.6) is 0 Å².